The first-order valence-electron chi connectivity index (χ1n) is 8.27. The van der Waals surface area contributed by atoms with Crippen LogP contribution in [0.5, 0.6) is 11.5 Å². The summed E-state index contributed by atoms with van der Waals surface area (Å²) >= 11 is 0. The highest BCUT2D eigenvalue weighted by Crippen LogP contribution is 2.25. The van der Waals surface area contributed by atoms with E-state index in [2.05, 4.69) is 10.2 Å². The van der Waals surface area contributed by atoms with Gasteiger partial charge in [-0.25, -0.2) is 4.79 Å². The van der Waals surface area contributed by atoms with Crippen molar-refractivity contribution in [3.8, 4) is 11.5 Å². The number of benzene rings is 1. The highest BCUT2D eigenvalue weighted by Gasteiger charge is 2.08. The van der Waals surface area contributed by atoms with Gasteiger partial charge in [0.15, 0.2) is 11.5 Å². The highest BCUT2D eigenvalue weighted by molar-refractivity contribution is 5.59. The van der Waals surface area contributed by atoms with Gasteiger partial charge in [-0.15, -0.1) is 10.1 Å². The summed E-state index contributed by atoms with van der Waals surface area (Å²) in [6.45, 7) is 2.15. The summed E-state index contributed by atoms with van der Waals surface area (Å²) in [5.74, 6) is -0.369. The molecule has 0 saturated carbocycles. The number of nitrogens with one attached hydrogen (secondary N) is 1. The Morgan fingerprint density at radius 1 is 1.19 bits per heavy atom. The zero-order chi connectivity index (χ0) is 20.1. The molecule has 27 heavy (non-hydrogen) atoms. The van der Waals surface area contributed by atoms with E-state index in [1.807, 2.05) is 6.92 Å². The average molecular weight is 388 g/mol. The van der Waals surface area contributed by atoms with E-state index < -0.39 is 11.2 Å². The maximum Gasteiger partial charge on any atom is 0.509 e. The number of phenolic OH excluding ortho intramolecular Hbond substituents is 2. The standard InChI is InChI=1S/C16H24N2O9/c1-12(9-13-3-4-14(19)15(20)10-13)17-11-26-16(21)25-8-7-24-5-2-6-27-18(22)23/h3-4,10,12,17,19-20H,2,5-9,11H2,1H3. The molecule has 0 aromatic heterocycles. The zero-order valence-electron chi connectivity index (χ0n) is 15.0. The van der Waals surface area contributed by atoms with Gasteiger partial charge >= 0.3 is 6.16 Å². The van der Waals surface area contributed by atoms with Crippen molar-refractivity contribution in [2.45, 2.75) is 25.8 Å². The fraction of sp³-hybridized carbons (Fsp3) is 0.562. The van der Waals surface area contributed by atoms with Crippen molar-refractivity contribution in [3.05, 3.63) is 33.9 Å². The van der Waals surface area contributed by atoms with Crippen LogP contribution in [0.4, 0.5) is 4.79 Å². The zero-order valence-corrected chi connectivity index (χ0v) is 15.0. The number of phenols is 2. The molecule has 0 aliphatic rings. The molecule has 1 rings (SSSR count). The van der Waals surface area contributed by atoms with Gasteiger partial charge in [-0.2, -0.15) is 0 Å². The van der Waals surface area contributed by atoms with Crippen LogP contribution < -0.4 is 5.32 Å². The number of carbonyl (C=O) groups excluding carboxylic acids is 1. The Morgan fingerprint density at radius 2 is 1.96 bits per heavy atom. The first kappa shape index (κ1) is 22.3. The second-order valence-electron chi connectivity index (χ2n) is 5.54. The molecule has 1 aromatic rings. The van der Waals surface area contributed by atoms with E-state index in [1.165, 1.54) is 12.1 Å². The molecular formula is C16H24N2O9. The van der Waals surface area contributed by atoms with Crippen molar-refractivity contribution >= 4 is 6.16 Å². The average Bonchev–Trinajstić information content (AvgIpc) is 2.60. The van der Waals surface area contributed by atoms with Gasteiger partial charge < -0.3 is 29.3 Å². The minimum absolute atomic E-state index is 0.00271. The molecule has 0 heterocycles. The van der Waals surface area contributed by atoms with Crippen LogP contribution >= 0.6 is 0 Å². The summed E-state index contributed by atoms with van der Waals surface area (Å²) in [7, 11) is 0. The van der Waals surface area contributed by atoms with Crippen molar-refractivity contribution in [2.75, 3.05) is 33.2 Å². The van der Waals surface area contributed by atoms with Crippen LogP contribution in [0.2, 0.25) is 0 Å². The van der Waals surface area contributed by atoms with Crippen molar-refractivity contribution < 1.29 is 39.1 Å². The normalized spacial score (nSPS) is 11.6. The summed E-state index contributed by atoms with van der Waals surface area (Å²) in [5, 5.41) is 30.7. The minimum atomic E-state index is -0.872. The Labute approximate surface area is 155 Å². The molecule has 152 valence electrons. The second-order valence-corrected chi connectivity index (χ2v) is 5.54. The largest absolute Gasteiger partial charge is 0.509 e. The smallest absolute Gasteiger partial charge is 0.504 e. The minimum Gasteiger partial charge on any atom is -0.504 e. The third-order valence-corrected chi connectivity index (χ3v) is 3.28. The Bertz CT molecular complexity index is 597. The molecule has 0 amide bonds. The molecule has 0 radical (unpaired) electrons. The molecule has 0 aliphatic carbocycles. The first-order valence-corrected chi connectivity index (χ1v) is 8.27. The molecule has 0 spiro atoms. The number of carbonyl (C=O) groups is 1. The maximum absolute atomic E-state index is 11.4. The van der Waals surface area contributed by atoms with Crippen molar-refractivity contribution in [1.29, 1.82) is 0 Å². The third-order valence-electron chi connectivity index (χ3n) is 3.28. The van der Waals surface area contributed by atoms with Gasteiger partial charge in [-0.3, -0.25) is 5.32 Å². The van der Waals surface area contributed by atoms with E-state index >= 15 is 0 Å². The van der Waals surface area contributed by atoms with Crippen LogP contribution in [0.1, 0.15) is 18.9 Å². The molecule has 0 bridgehead atoms. The number of nitrogens with zero attached hydrogens (tertiary/aromatic N) is 1. The van der Waals surface area contributed by atoms with Gasteiger partial charge in [0.05, 0.1) is 13.2 Å². The van der Waals surface area contributed by atoms with Gasteiger partial charge in [0.25, 0.3) is 5.09 Å². The van der Waals surface area contributed by atoms with Crippen molar-refractivity contribution in [3.63, 3.8) is 0 Å². The van der Waals surface area contributed by atoms with E-state index in [0.29, 0.717) is 12.8 Å². The molecule has 11 heteroatoms. The number of aromatic hydroxyl groups is 2. The summed E-state index contributed by atoms with van der Waals surface area (Å²) in [5.41, 5.74) is 0.814. The summed E-state index contributed by atoms with van der Waals surface area (Å²) in [6, 6.07) is 4.51. The van der Waals surface area contributed by atoms with Gasteiger partial charge in [0.1, 0.15) is 13.3 Å². The van der Waals surface area contributed by atoms with Gasteiger partial charge in [0, 0.05) is 12.6 Å². The lowest BCUT2D eigenvalue weighted by molar-refractivity contribution is -0.757. The second kappa shape index (κ2) is 12.5. The van der Waals surface area contributed by atoms with E-state index in [9.17, 15) is 25.1 Å². The molecule has 0 fully saturated rings. The van der Waals surface area contributed by atoms with Crippen LogP contribution in [0.15, 0.2) is 18.2 Å². The Balaban J connectivity index is 2.03. The SMILES string of the molecule is CC(Cc1ccc(O)c(O)c1)NCOC(=O)OCCOCCCO[N+](=O)[O-]. The Kier molecular flexibility index (Phi) is 10.3. The molecule has 1 unspecified atom stereocenters. The fourth-order valence-corrected chi connectivity index (χ4v) is 1.99. The molecule has 11 nitrogen and oxygen atoms in total. The predicted molar refractivity (Wildman–Crippen MR) is 91.8 cm³/mol. The number of hydrogen-bond donors (Lipinski definition) is 3. The van der Waals surface area contributed by atoms with E-state index in [4.69, 9.17) is 14.2 Å². The van der Waals surface area contributed by atoms with E-state index in [0.717, 1.165) is 5.56 Å². The van der Waals surface area contributed by atoms with Gasteiger partial charge in [-0.05, 0) is 37.5 Å². The quantitative estimate of drug-likeness (QED) is 0.113. The lowest BCUT2D eigenvalue weighted by Crippen LogP contribution is -2.31. The maximum atomic E-state index is 11.4. The molecule has 0 saturated heterocycles. The molecule has 0 aliphatic heterocycles. The number of ether oxygens (including phenoxy) is 3. The topological polar surface area (TPSA) is 150 Å². The van der Waals surface area contributed by atoms with E-state index in [1.54, 1.807) is 6.07 Å². The Morgan fingerprint density at radius 3 is 2.67 bits per heavy atom. The summed E-state index contributed by atoms with van der Waals surface area (Å²) in [4.78, 5) is 25.4. The van der Waals surface area contributed by atoms with Crippen molar-refractivity contribution in [2.24, 2.45) is 0 Å². The Hall–Kier alpha value is -2.79. The number of hydrogen-bond acceptors (Lipinski definition) is 10. The first-order chi connectivity index (χ1) is 12.9. The molecule has 1 atom stereocenters. The predicted octanol–water partition coefficient (Wildman–Crippen LogP) is 1.34. The molecular weight excluding hydrogens is 364 g/mol. The molecule has 1 aromatic carbocycles. The van der Waals surface area contributed by atoms with Crippen LogP contribution in [-0.4, -0.2) is 60.7 Å². The lowest BCUT2D eigenvalue weighted by atomic mass is 10.1. The van der Waals surface area contributed by atoms with Crippen LogP contribution in [0, 0.1) is 10.1 Å². The van der Waals surface area contributed by atoms with Gasteiger partial charge in [0.2, 0.25) is 0 Å². The third kappa shape index (κ3) is 10.7. The van der Waals surface area contributed by atoms with Crippen LogP contribution in [-0.2, 0) is 25.5 Å². The number of rotatable bonds is 13. The van der Waals surface area contributed by atoms with Crippen molar-refractivity contribution in [1.82, 2.24) is 5.32 Å². The monoisotopic (exact) mass is 388 g/mol. The van der Waals surface area contributed by atoms with E-state index in [-0.39, 0.29) is 50.7 Å². The lowest BCUT2D eigenvalue weighted by Gasteiger charge is -2.14. The van der Waals surface area contributed by atoms with Gasteiger partial charge in [-0.1, -0.05) is 6.07 Å². The van der Waals surface area contributed by atoms with Crippen LogP contribution in [0.25, 0.3) is 0 Å². The summed E-state index contributed by atoms with van der Waals surface area (Å²) < 4.78 is 14.7. The fourth-order valence-electron chi connectivity index (χ4n) is 1.99. The van der Waals surface area contributed by atoms with Crippen LogP contribution in [0.3, 0.4) is 0 Å². The highest BCUT2D eigenvalue weighted by atomic mass is 16.9. The summed E-state index contributed by atoms with van der Waals surface area (Å²) in [6.07, 6.45) is 0.0593. The molecule has 3 N–H and O–H groups in total.